The number of carboxylic acids is 2. The van der Waals surface area contributed by atoms with E-state index in [1.165, 1.54) is 5.73 Å². The molecule has 0 radical (unpaired) electrons. The molecule has 0 heterocycles. The summed E-state index contributed by atoms with van der Waals surface area (Å²) >= 11 is 0. The topological polar surface area (TPSA) is 127 Å². The summed E-state index contributed by atoms with van der Waals surface area (Å²) in [5.41, 5.74) is 3.87. The summed E-state index contributed by atoms with van der Waals surface area (Å²) in [6.07, 6.45) is 0. The minimum absolute atomic E-state index is 0.160. The van der Waals surface area contributed by atoms with E-state index in [1.807, 2.05) is 0 Å². The molecule has 0 spiro atoms. The lowest BCUT2D eigenvalue weighted by atomic mass is 10.4. The van der Waals surface area contributed by atoms with E-state index in [0.717, 1.165) is 0 Å². The van der Waals surface area contributed by atoms with Crippen LogP contribution in [0.4, 0.5) is 0 Å². The third-order valence-corrected chi connectivity index (χ3v) is 2.89. The lowest BCUT2D eigenvalue weighted by Gasteiger charge is -2.07. The number of hydrogen-bond acceptors (Lipinski definition) is 6. The number of carboxylic acid groups (broad SMARTS) is 2. The third kappa shape index (κ3) is 6.08. The zero-order valence-corrected chi connectivity index (χ0v) is 8.52. The zero-order chi connectivity index (χ0) is 14.6. The van der Waals surface area contributed by atoms with Gasteiger partial charge in [0.25, 0.3) is 0 Å². The van der Waals surface area contributed by atoms with E-state index in [0.29, 0.717) is 21.6 Å². The van der Waals surface area contributed by atoms with Crippen molar-refractivity contribution in [3.63, 3.8) is 0 Å². The highest BCUT2D eigenvalue weighted by Crippen LogP contribution is 2.22. The van der Waals surface area contributed by atoms with Crippen LogP contribution in [-0.4, -0.2) is 45.7 Å². The Balaban J connectivity index is 4.56. The number of aliphatic carboxylic acids is 2. The third-order valence-electron chi connectivity index (χ3n) is 0.981. The van der Waals surface area contributed by atoms with Crippen LogP contribution in [0.25, 0.3) is 0 Å². The van der Waals surface area contributed by atoms with Crippen LogP contribution >= 0.6 is 21.6 Å². The van der Waals surface area contributed by atoms with Crippen LogP contribution in [0.5, 0.6) is 0 Å². The summed E-state index contributed by atoms with van der Waals surface area (Å²) in [4.78, 5) is 21.2. The maximum Gasteiger partial charge on any atom is 0.321 e. The Morgan fingerprint density at radius 3 is 2.57 bits per heavy atom. The summed E-state index contributed by atoms with van der Waals surface area (Å²) in [6, 6.07) is -4.08. The molecule has 82 valence electrons. The smallest absolute Gasteiger partial charge is 0.321 e. The minimum Gasteiger partial charge on any atom is -0.480 e. The molecule has 2 unspecified atom stereocenters. The molecule has 0 aromatic rings. The first-order valence-electron chi connectivity index (χ1n) is 5.30. The van der Waals surface area contributed by atoms with Gasteiger partial charge in [-0.2, -0.15) is 0 Å². The Kier molecular flexibility index (Phi) is 3.86. The number of hydrogen-bond donors (Lipinski definition) is 4. The van der Waals surface area contributed by atoms with E-state index in [4.69, 9.17) is 21.5 Å². The van der Waals surface area contributed by atoms with Crippen LogP contribution in [0.2, 0.25) is 1.41 Å². The quantitative estimate of drug-likeness (QED) is 0.408. The largest absolute Gasteiger partial charge is 0.480 e. The molecule has 0 aromatic heterocycles. The van der Waals surface area contributed by atoms with Gasteiger partial charge in [-0.25, -0.2) is 0 Å². The second-order valence-electron chi connectivity index (χ2n) is 2.09. The van der Waals surface area contributed by atoms with Crippen LogP contribution in [0.15, 0.2) is 0 Å². The first-order chi connectivity index (χ1) is 8.08. The Labute approximate surface area is 94.5 Å². The molecular weight excluding hydrogens is 228 g/mol. The highest BCUT2D eigenvalue weighted by molar-refractivity contribution is 8.76. The van der Waals surface area contributed by atoms with Crippen LogP contribution in [0.3, 0.4) is 0 Å². The van der Waals surface area contributed by atoms with Crippen molar-refractivity contribution >= 4 is 33.5 Å². The first kappa shape index (κ1) is 7.80. The molecule has 14 heavy (non-hydrogen) atoms. The standard InChI is InChI=1S/C6H12N2O4S2/c7-3(5(9)10)1-13-14-2-4(8)6(11)12/h3-4H,1-2,7-8H2,(H,9,10)(H,11,12)/i1D2,3D/hD. The molecule has 0 rings (SSSR count). The fourth-order valence-electron chi connectivity index (χ4n) is 0.293. The summed E-state index contributed by atoms with van der Waals surface area (Å²) in [7, 11) is 1.03. The van der Waals surface area contributed by atoms with Gasteiger partial charge < -0.3 is 21.7 Å². The average Bonchev–Trinajstić information content (AvgIpc) is 2.26. The van der Waals surface area contributed by atoms with Crippen molar-refractivity contribution in [3.05, 3.63) is 0 Å². The van der Waals surface area contributed by atoms with Crippen molar-refractivity contribution in [2.24, 2.45) is 11.5 Å². The predicted molar refractivity (Wildman–Crippen MR) is 56.1 cm³/mol. The summed E-state index contributed by atoms with van der Waals surface area (Å²) in [5.74, 6) is -3.27. The van der Waals surface area contributed by atoms with E-state index in [2.05, 4.69) is 0 Å². The molecule has 8 heteroatoms. The fraction of sp³-hybridized carbons (Fsp3) is 0.667. The molecule has 0 bridgehead atoms. The van der Waals surface area contributed by atoms with Gasteiger partial charge >= 0.3 is 11.9 Å². The second kappa shape index (κ2) is 6.93. The maximum atomic E-state index is 10.8. The van der Waals surface area contributed by atoms with Gasteiger partial charge in [-0.1, -0.05) is 21.6 Å². The Morgan fingerprint density at radius 2 is 2.14 bits per heavy atom. The van der Waals surface area contributed by atoms with Crippen LogP contribution in [-0.2, 0) is 9.59 Å². The molecule has 2 atom stereocenters. The van der Waals surface area contributed by atoms with Gasteiger partial charge in [0.2, 0.25) is 0 Å². The Hall–Kier alpha value is -0.440. The minimum atomic E-state index is -2.86. The van der Waals surface area contributed by atoms with E-state index in [1.54, 1.807) is 0 Å². The van der Waals surface area contributed by atoms with Crippen molar-refractivity contribution < 1.29 is 25.3 Å². The number of nitrogens with two attached hydrogens (primary N) is 2. The highest BCUT2D eigenvalue weighted by Gasteiger charge is 2.14. The molecule has 0 aliphatic rings. The fourth-order valence-corrected chi connectivity index (χ4v) is 1.95. The van der Waals surface area contributed by atoms with Gasteiger partial charge in [0.1, 0.15) is 13.5 Å². The van der Waals surface area contributed by atoms with E-state index < -0.39 is 29.7 Å². The van der Waals surface area contributed by atoms with E-state index in [9.17, 15) is 9.59 Å². The van der Waals surface area contributed by atoms with Crippen molar-refractivity contribution in [2.45, 2.75) is 12.1 Å². The molecule has 0 saturated heterocycles. The van der Waals surface area contributed by atoms with Crippen LogP contribution in [0.1, 0.15) is 4.11 Å². The lowest BCUT2D eigenvalue weighted by molar-refractivity contribution is -0.138. The molecule has 0 saturated carbocycles. The maximum absolute atomic E-state index is 10.8. The molecule has 0 aliphatic carbocycles. The average molecular weight is 244 g/mol. The summed E-state index contributed by atoms with van der Waals surface area (Å²) in [5, 5.41) is 17.2. The molecule has 0 amide bonds. The van der Waals surface area contributed by atoms with Gasteiger partial charge in [-0.15, -0.1) is 0 Å². The van der Waals surface area contributed by atoms with Crippen LogP contribution < -0.4 is 11.5 Å². The SMILES string of the molecule is [2H]NC([2H])(C(=O)O)C([2H])([2H])SSCC(N)C(=O)O. The normalized spacial score (nSPS) is 22.1. The van der Waals surface area contributed by atoms with Gasteiger partial charge in [0, 0.05) is 14.2 Å². The van der Waals surface area contributed by atoms with E-state index in [-0.39, 0.29) is 5.75 Å². The van der Waals surface area contributed by atoms with Gasteiger partial charge in [0.05, 0.1) is 1.37 Å². The molecule has 0 fully saturated rings. The molecule has 6 N–H and O–H groups in total. The molecular formula is C6H12N2O4S2. The van der Waals surface area contributed by atoms with Crippen molar-refractivity contribution in [3.8, 4) is 0 Å². The Morgan fingerprint density at radius 1 is 1.50 bits per heavy atom. The molecule has 0 aromatic carbocycles. The first-order valence-corrected chi connectivity index (χ1v) is 5.61. The number of carbonyl (C=O) groups is 2. The van der Waals surface area contributed by atoms with Gasteiger partial charge in [-0.05, 0) is 0 Å². The van der Waals surface area contributed by atoms with Crippen molar-refractivity contribution in [2.75, 3.05) is 11.5 Å². The summed E-state index contributed by atoms with van der Waals surface area (Å²) in [6.45, 7) is 0. The Bertz CT molecular complexity index is 335. The highest BCUT2D eigenvalue weighted by atomic mass is 33.1. The summed E-state index contributed by atoms with van der Waals surface area (Å²) < 4.78 is 28.9. The lowest BCUT2D eigenvalue weighted by Crippen LogP contribution is -2.33. The zero-order valence-electron chi connectivity index (χ0n) is 10.9. The van der Waals surface area contributed by atoms with Gasteiger partial charge in [0.15, 0.2) is 0 Å². The second-order valence-corrected chi connectivity index (χ2v) is 4.24. The molecule has 0 aliphatic heterocycles. The van der Waals surface area contributed by atoms with Gasteiger partial charge in [-0.3, -0.25) is 9.59 Å². The predicted octanol–water partition coefficient (Wildman–Crippen LogP) is -0.808. The molecule has 6 nitrogen and oxygen atoms in total. The van der Waals surface area contributed by atoms with Crippen molar-refractivity contribution in [1.82, 2.24) is 0 Å². The van der Waals surface area contributed by atoms with Crippen LogP contribution in [0, 0.1) is 0 Å². The van der Waals surface area contributed by atoms with E-state index >= 15 is 0 Å². The van der Waals surface area contributed by atoms with Crippen molar-refractivity contribution in [1.29, 1.82) is 0 Å². The monoisotopic (exact) mass is 244 g/mol. The number of rotatable bonds is 8.